The van der Waals surface area contributed by atoms with E-state index in [0.717, 1.165) is 6.42 Å². The van der Waals surface area contributed by atoms with E-state index in [1.807, 2.05) is 19.9 Å². The molecular formula is C28H38O7. The second-order valence-electron chi connectivity index (χ2n) is 11.2. The maximum Gasteiger partial charge on any atom is 0.338 e. The third kappa shape index (κ3) is 4.26. The number of hydrogen-bond acceptors (Lipinski definition) is 7. The van der Waals surface area contributed by atoms with Crippen LogP contribution in [0.15, 0.2) is 30.3 Å². The highest BCUT2D eigenvalue weighted by atomic mass is 16.6. The number of ether oxygens (including phenoxy) is 4. The van der Waals surface area contributed by atoms with Crippen molar-refractivity contribution >= 4 is 17.9 Å². The highest BCUT2D eigenvalue weighted by Crippen LogP contribution is 2.67. The number of carbonyl (C=O) groups excluding carboxylic acids is 3. The molecule has 1 aromatic rings. The van der Waals surface area contributed by atoms with Gasteiger partial charge in [0.2, 0.25) is 0 Å². The predicted molar refractivity (Wildman–Crippen MR) is 128 cm³/mol. The molecule has 7 nitrogen and oxygen atoms in total. The molecule has 2 saturated carbocycles. The van der Waals surface area contributed by atoms with Crippen LogP contribution in [-0.2, 0) is 28.5 Å². The molecule has 1 heterocycles. The first-order valence-electron chi connectivity index (χ1n) is 12.8. The molecule has 2 aliphatic carbocycles. The molecule has 192 valence electrons. The molecule has 3 aliphatic rings. The van der Waals surface area contributed by atoms with E-state index < -0.39 is 46.9 Å². The average Bonchev–Trinajstić information content (AvgIpc) is 3.03. The van der Waals surface area contributed by atoms with E-state index in [0.29, 0.717) is 24.8 Å². The monoisotopic (exact) mass is 486 g/mol. The first-order valence-corrected chi connectivity index (χ1v) is 12.8. The van der Waals surface area contributed by atoms with Crippen molar-refractivity contribution in [2.24, 2.45) is 17.3 Å². The van der Waals surface area contributed by atoms with Gasteiger partial charge in [0.1, 0.15) is 12.2 Å². The van der Waals surface area contributed by atoms with E-state index in [9.17, 15) is 14.4 Å². The molecule has 35 heavy (non-hydrogen) atoms. The lowest BCUT2D eigenvalue weighted by atomic mass is 9.49. The molecule has 0 aromatic heterocycles. The van der Waals surface area contributed by atoms with E-state index in [1.165, 1.54) is 6.92 Å². The molecule has 1 aromatic carbocycles. The Labute approximate surface area is 207 Å². The smallest absolute Gasteiger partial charge is 0.338 e. The van der Waals surface area contributed by atoms with Crippen molar-refractivity contribution in [3.63, 3.8) is 0 Å². The lowest BCUT2D eigenvalue weighted by Crippen LogP contribution is -2.71. The van der Waals surface area contributed by atoms with Crippen LogP contribution >= 0.6 is 0 Å². The molecule has 1 aliphatic heterocycles. The number of rotatable bonds is 6. The van der Waals surface area contributed by atoms with Gasteiger partial charge in [0, 0.05) is 13.3 Å². The van der Waals surface area contributed by atoms with Gasteiger partial charge in [0.25, 0.3) is 0 Å². The largest absolute Gasteiger partial charge is 0.458 e. The molecule has 4 rings (SSSR count). The molecular weight excluding hydrogens is 448 g/mol. The molecule has 2 bridgehead atoms. The van der Waals surface area contributed by atoms with Crippen LogP contribution in [0.1, 0.15) is 84.0 Å². The Morgan fingerprint density at radius 1 is 1.03 bits per heavy atom. The lowest BCUT2D eigenvalue weighted by Gasteiger charge is -2.61. The molecule has 7 heteroatoms. The molecule has 1 saturated heterocycles. The van der Waals surface area contributed by atoms with Crippen LogP contribution in [0.2, 0.25) is 0 Å². The van der Waals surface area contributed by atoms with E-state index >= 15 is 0 Å². The van der Waals surface area contributed by atoms with Gasteiger partial charge in [-0.2, -0.15) is 0 Å². The van der Waals surface area contributed by atoms with Gasteiger partial charge >= 0.3 is 17.9 Å². The van der Waals surface area contributed by atoms with Crippen LogP contribution < -0.4 is 0 Å². The van der Waals surface area contributed by atoms with Gasteiger partial charge in [-0.3, -0.25) is 9.59 Å². The Kier molecular flexibility index (Phi) is 6.77. The molecule has 1 spiro atoms. The maximum absolute atomic E-state index is 13.2. The Hall–Kier alpha value is -2.41. The summed E-state index contributed by atoms with van der Waals surface area (Å²) in [5.41, 5.74) is -1.59. The highest BCUT2D eigenvalue weighted by Gasteiger charge is 2.75. The molecule has 3 fully saturated rings. The van der Waals surface area contributed by atoms with Gasteiger partial charge in [-0.25, -0.2) is 4.79 Å². The van der Waals surface area contributed by atoms with Crippen molar-refractivity contribution in [1.82, 2.24) is 0 Å². The van der Waals surface area contributed by atoms with Gasteiger partial charge in [0.15, 0.2) is 6.10 Å². The average molecular weight is 487 g/mol. The Morgan fingerprint density at radius 3 is 2.34 bits per heavy atom. The van der Waals surface area contributed by atoms with Crippen LogP contribution in [0.3, 0.4) is 0 Å². The highest BCUT2D eigenvalue weighted by molar-refractivity contribution is 5.89. The van der Waals surface area contributed by atoms with E-state index in [4.69, 9.17) is 18.9 Å². The first-order chi connectivity index (χ1) is 16.4. The summed E-state index contributed by atoms with van der Waals surface area (Å²) < 4.78 is 25.0. The third-order valence-corrected chi connectivity index (χ3v) is 8.66. The summed E-state index contributed by atoms with van der Waals surface area (Å²) in [6, 6.07) is 8.88. The van der Waals surface area contributed by atoms with Crippen molar-refractivity contribution in [2.75, 3.05) is 0 Å². The zero-order valence-electron chi connectivity index (χ0n) is 21.7. The molecule has 7 atom stereocenters. The number of carbonyl (C=O) groups is 3. The van der Waals surface area contributed by atoms with Crippen molar-refractivity contribution in [2.45, 2.75) is 103 Å². The number of fused-ring (bicyclic) bond motifs is 1. The quantitative estimate of drug-likeness (QED) is 0.419. The van der Waals surface area contributed by atoms with Crippen LogP contribution in [-0.4, -0.2) is 47.4 Å². The van der Waals surface area contributed by atoms with Crippen LogP contribution in [0, 0.1) is 17.3 Å². The standard InChI is InChI=1S/C28H38O7/c1-7-11-23(30)33-21-14-17(2)28-16-20(26(4,5)35-28)15-22(27(28,6)24(21)32-18(3)29)34-25(31)19-12-9-8-10-13-19/h8-10,12-13,17,20-22,24H,7,11,14-16H2,1-6H3. The summed E-state index contributed by atoms with van der Waals surface area (Å²) in [6.07, 6.45) is 0.759. The molecule has 7 unspecified atom stereocenters. The second kappa shape index (κ2) is 9.23. The molecule has 0 N–H and O–H groups in total. The summed E-state index contributed by atoms with van der Waals surface area (Å²) in [4.78, 5) is 38.1. The van der Waals surface area contributed by atoms with Crippen LogP contribution in [0.5, 0.6) is 0 Å². The third-order valence-electron chi connectivity index (χ3n) is 8.66. The maximum atomic E-state index is 13.2. The summed E-state index contributed by atoms with van der Waals surface area (Å²) in [5.74, 6) is -1.05. The number of esters is 3. The topological polar surface area (TPSA) is 88.1 Å². The minimum atomic E-state index is -0.914. The number of benzene rings is 1. The Balaban J connectivity index is 1.78. The fourth-order valence-electron chi connectivity index (χ4n) is 6.85. The van der Waals surface area contributed by atoms with Gasteiger partial charge in [0.05, 0.1) is 22.2 Å². The minimum absolute atomic E-state index is 0.0127. The summed E-state index contributed by atoms with van der Waals surface area (Å²) in [5, 5.41) is 0. The van der Waals surface area contributed by atoms with Crippen LogP contribution in [0.4, 0.5) is 0 Å². The zero-order valence-corrected chi connectivity index (χ0v) is 21.7. The van der Waals surface area contributed by atoms with Gasteiger partial charge in [-0.05, 0) is 70.4 Å². The lowest BCUT2D eigenvalue weighted by molar-refractivity contribution is -0.282. The van der Waals surface area contributed by atoms with E-state index in [1.54, 1.807) is 24.3 Å². The van der Waals surface area contributed by atoms with Crippen LogP contribution in [0.25, 0.3) is 0 Å². The van der Waals surface area contributed by atoms with Gasteiger partial charge < -0.3 is 18.9 Å². The van der Waals surface area contributed by atoms with Crippen molar-refractivity contribution in [3.8, 4) is 0 Å². The summed E-state index contributed by atoms with van der Waals surface area (Å²) in [6.45, 7) is 11.5. The molecule has 0 radical (unpaired) electrons. The van der Waals surface area contributed by atoms with Gasteiger partial charge in [-0.15, -0.1) is 0 Å². The first kappa shape index (κ1) is 25.7. The fraction of sp³-hybridized carbons (Fsp3) is 0.679. The Bertz CT molecular complexity index is 973. The van der Waals surface area contributed by atoms with E-state index in [-0.39, 0.29) is 24.2 Å². The minimum Gasteiger partial charge on any atom is -0.458 e. The van der Waals surface area contributed by atoms with Gasteiger partial charge in [-0.1, -0.05) is 32.0 Å². The Morgan fingerprint density at radius 2 is 1.71 bits per heavy atom. The normalized spacial score (nSPS) is 37.1. The number of hydrogen-bond donors (Lipinski definition) is 0. The SMILES string of the molecule is CCCC(=O)OC1CC(C)C23CC(CC(OC(=O)c4ccccc4)C2(C)C1OC(C)=O)C(C)(C)O3. The van der Waals surface area contributed by atoms with E-state index in [2.05, 4.69) is 20.8 Å². The fourth-order valence-corrected chi connectivity index (χ4v) is 6.85. The molecule has 0 amide bonds. The van der Waals surface area contributed by atoms with Crippen molar-refractivity contribution < 1.29 is 33.3 Å². The van der Waals surface area contributed by atoms with Crippen molar-refractivity contribution in [1.29, 1.82) is 0 Å². The predicted octanol–water partition coefficient (Wildman–Crippen LogP) is 4.86. The van der Waals surface area contributed by atoms with Crippen molar-refractivity contribution in [3.05, 3.63) is 35.9 Å². The summed E-state index contributed by atoms with van der Waals surface area (Å²) in [7, 11) is 0. The zero-order chi connectivity index (χ0) is 25.6. The summed E-state index contributed by atoms with van der Waals surface area (Å²) >= 11 is 0. The second-order valence-corrected chi connectivity index (χ2v) is 11.2.